The fourth-order valence-electron chi connectivity index (χ4n) is 1.11. The van der Waals surface area contributed by atoms with Crippen LogP contribution in [0.1, 0.15) is 24.2 Å². The molecule has 0 fully saturated rings. The largest absolute Gasteiger partial charge is 0.410 e. The minimum Gasteiger partial charge on any atom is -0.410 e. The molecule has 1 aromatic heterocycles. The summed E-state index contributed by atoms with van der Waals surface area (Å²) < 4.78 is 0. The van der Waals surface area contributed by atoms with Crippen LogP contribution in [0.2, 0.25) is 0 Å². The third-order valence-corrected chi connectivity index (χ3v) is 2.00. The number of ketones is 2. The lowest BCUT2D eigenvalue weighted by atomic mass is 9.99. The Morgan fingerprint density at radius 2 is 2.12 bits per heavy atom. The lowest BCUT2D eigenvalue weighted by Crippen LogP contribution is -2.28. The molecule has 1 aromatic rings. The first-order valence-corrected chi connectivity index (χ1v) is 4.79. The number of rotatable bonds is 4. The van der Waals surface area contributed by atoms with Crippen LogP contribution >= 0.6 is 0 Å². The molecule has 0 saturated carbocycles. The zero-order valence-electron chi connectivity index (χ0n) is 9.04. The summed E-state index contributed by atoms with van der Waals surface area (Å²) in [5.74, 6) is -1.50. The minimum absolute atomic E-state index is 0.226. The molecule has 0 unspecified atom stereocenters. The molecule has 84 valence electrons. The van der Waals surface area contributed by atoms with Crippen LogP contribution in [0.25, 0.3) is 0 Å². The molecule has 0 radical (unpaired) electrons. The first-order chi connectivity index (χ1) is 7.57. The van der Waals surface area contributed by atoms with Crippen LogP contribution in [0.5, 0.6) is 0 Å². The van der Waals surface area contributed by atoms with Gasteiger partial charge in [0.25, 0.3) is 0 Å². The summed E-state index contributed by atoms with van der Waals surface area (Å²) in [7, 11) is 0. The van der Waals surface area contributed by atoms with Crippen LogP contribution < -0.4 is 0 Å². The van der Waals surface area contributed by atoms with E-state index in [9.17, 15) is 9.59 Å². The molecule has 0 amide bonds. The van der Waals surface area contributed by atoms with Gasteiger partial charge in [0.1, 0.15) is 0 Å². The van der Waals surface area contributed by atoms with Crippen LogP contribution in [-0.4, -0.2) is 27.5 Å². The van der Waals surface area contributed by atoms with Gasteiger partial charge in [-0.2, -0.15) is 0 Å². The van der Waals surface area contributed by atoms with E-state index in [1.165, 1.54) is 18.5 Å². The molecule has 0 aliphatic carbocycles. The second-order valence-electron chi connectivity index (χ2n) is 3.54. The number of carbonyl (C=O) groups is 2. The lowest BCUT2D eigenvalue weighted by molar-refractivity contribution is -0.115. The van der Waals surface area contributed by atoms with Crippen LogP contribution in [0.15, 0.2) is 29.7 Å². The van der Waals surface area contributed by atoms with Gasteiger partial charge in [0.05, 0.1) is 0 Å². The van der Waals surface area contributed by atoms with E-state index in [1.54, 1.807) is 19.9 Å². The van der Waals surface area contributed by atoms with Crippen molar-refractivity contribution in [3.63, 3.8) is 0 Å². The van der Waals surface area contributed by atoms with Crippen molar-refractivity contribution in [2.24, 2.45) is 11.1 Å². The molecular formula is C11H12N2O3. The Morgan fingerprint density at radius 1 is 1.44 bits per heavy atom. The lowest BCUT2D eigenvalue weighted by Gasteiger charge is -2.04. The molecule has 1 N–H and O–H groups in total. The molecule has 0 atom stereocenters. The highest BCUT2D eigenvalue weighted by Gasteiger charge is 2.24. The molecule has 16 heavy (non-hydrogen) atoms. The van der Waals surface area contributed by atoms with Crippen molar-refractivity contribution in [2.45, 2.75) is 13.8 Å². The van der Waals surface area contributed by atoms with Gasteiger partial charge in [-0.05, 0) is 12.1 Å². The summed E-state index contributed by atoms with van der Waals surface area (Å²) in [5.41, 5.74) is -0.229. The van der Waals surface area contributed by atoms with Crippen molar-refractivity contribution in [3.05, 3.63) is 30.1 Å². The van der Waals surface area contributed by atoms with E-state index < -0.39 is 23.2 Å². The maximum Gasteiger partial charge on any atom is 0.220 e. The molecule has 0 aliphatic rings. The molecule has 5 nitrogen and oxygen atoms in total. The van der Waals surface area contributed by atoms with Crippen LogP contribution in [0.3, 0.4) is 0 Å². The van der Waals surface area contributed by atoms with Gasteiger partial charge in [-0.1, -0.05) is 19.0 Å². The van der Waals surface area contributed by atoms with Crippen molar-refractivity contribution in [2.75, 3.05) is 0 Å². The van der Waals surface area contributed by atoms with E-state index in [-0.39, 0.29) is 5.56 Å². The number of hydrogen-bond donors (Lipinski definition) is 1. The van der Waals surface area contributed by atoms with Gasteiger partial charge in [0, 0.05) is 23.9 Å². The number of Topliss-reactive ketones (excluding diaryl/α,β-unsaturated/α-hetero) is 2. The van der Waals surface area contributed by atoms with E-state index in [0.717, 1.165) is 0 Å². The van der Waals surface area contributed by atoms with E-state index in [1.807, 2.05) is 0 Å². The Morgan fingerprint density at radius 3 is 2.56 bits per heavy atom. The third-order valence-electron chi connectivity index (χ3n) is 2.00. The molecule has 0 aliphatic heterocycles. The second kappa shape index (κ2) is 5.16. The fraction of sp³-hybridized carbons (Fsp3) is 0.273. The monoisotopic (exact) mass is 220 g/mol. The van der Waals surface area contributed by atoms with Crippen LogP contribution in [0, 0.1) is 5.92 Å². The number of hydrogen-bond acceptors (Lipinski definition) is 5. The fourth-order valence-corrected chi connectivity index (χ4v) is 1.11. The van der Waals surface area contributed by atoms with E-state index in [0.29, 0.717) is 0 Å². The number of nitrogens with zero attached hydrogens (tertiary/aromatic N) is 2. The summed E-state index contributed by atoms with van der Waals surface area (Å²) in [5, 5.41) is 11.5. The summed E-state index contributed by atoms with van der Waals surface area (Å²) in [4.78, 5) is 27.1. The number of oxime groups is 1. The Balaban J connectivity index is 3.01. The number of carbonyl (C=O) groups excluding carboxylic acids is 2. The quantitative estimate of drug-likeness (QED) is 0.273. The predicted molar refractivity (Wildman–Crippen MR) is 57.6 cm³/mol. The average molecular weight is 220 g/mol. The Hall–Kier alpha value is -2.04. The van der Waals surface area contributed by atoms with Crippen molar-refractivity contribution >= 4 is 17.3 Å². The molecule has 0 spiro atoms. The smallest absolute Gasteiger partial charge is 0.220 e. The Kier molecular flexibility index (Phi) is 3.88. The van der Waals surface area contributed by atoms with Gasteiger partial charge in [-0.15, -0.1) is 0 Å². The standard InChI is InChI=1S/C11H12N2O3/c1-7(2)10(14)9(13-16)11(15)8-4-3-5-12-6-8/h3-7,16H,1-2H3. The Labute approximate surface area is 92.8 Å². The van der Waals surface area contributed by atoms with E-state index >= 15 is 0 Å². The van der Waals surface area contributed by atoms with Crippen LogP contribution in [0.4, 0.5) is 0 Å². The molecule has 5 heteroatoms. The van der Waals surface area contributed by atoms with E-state index in [2.05, 4.69) is 10.1 Å². The van der Waals surface area contributed by atoms with Crippen molar-refractivity contribution < 1.29 is 14.8 Å². The predicted octanol–water partition coefficient (Wildman–Crippen LogP) is 1.32. The SMILES string of the molecule is CC(C)C(=O)C(=NO)C(=O)c1cccnc1. The highest BCUT2D eigenvalue weighted by atomic mass is 16.4. The highest BCUT2D eigenvalue weighted by molar-refractivity contribution is 6.69. The van der Waals surface area contributed by atoms with Crippen molar-refractivity contribution in [3.8, 4) is 0 Å². The van der Waals surface area contributed by atoms with Gasteiger partial charge in [0.2, 0.25) is 5.78 Å². The topological polar surface area (TPSA) is 79.6 Å². The number of aromatic nitrogens is 1. The second-order valence-corrected chi connectivity index (χ2v) is 3.54. The molecule has 1 rings (SSSR count). The van der Waals surface area contributed by atoms with Gasteiger partial charge < -0.3 is 5.21 Å². The van der Waals surface area contributed by atoms with Gasteiger partial charge in [-0.3, -0.25) is 14.6 Å². The first-order valence-electron chi connectivity index (χ1n) is 4.79. The molecule has 0 saturated heterocycles. The highest BCUT2D eigenvalue weighted by Crippen LogP contribution is 2.04. The summed E-state index contributed by atoms with van der Waals surface area (Å²) in [6.07, 6.45) is 2.83. The summed E-state index contributed by atoms with van der Waals surface area (Å²) in [6.45, 7) is 3.26. The molecule has 0 aromatic carbocycles. The average Bonchev–Trinajstić information content (AvgIpc) is 2.30. The first kappa shape index (κ1) is 12.0. The van der Waals surface area contributed by atoms with E-state index in [4.69, 9.17) is 5.21 Å². The summed E-state index contributed by atoms with van der Waals surface area (Å²) >= 11 is 0. The maximum absolute atomic E-state index is 11.8. The minimum atomic E-state index is -0.616. The summed E-state index contributed by atoms with van der Waals surface area (Å²) in [6, 6.07) is 3.08. The van der Waals surface area contributed by atoms with Crippen LogP contribution in [-0.2, 0) is 4.79 Å². The van der Waals surface area contributed by atoms with Crippen molar-refractivity contribution in [1.29, 1.82) is 0 Å². The molecule has 0 bridgehead atoms. The zero-order chi connectivity index (χ0) is 12.1. The molecular weight excluding hydrogens is 208 g/mol. The third kappa shape index (κ3) is 2.50. The van der Waals surface area contributed by atoms with Crippen molar-refractivity contribution in [1.82, 2.24) is 4.98 Å². The Bertz CT molecular complexity index is 424. The normalized spacial score (nSPS) is 11.6. The van der Waals surface area contributed by atoms with Gasteiger partial charge in [-0.25, -0.2) is 0 Å². The van der Waals surface area contributed by atoms with Gasteiger partial charge >= 0.3 is 0 Å². The molecule has 1 heterocycles. The zero-order valence-corrected chi connectivity index (χ0v) is 9.04. The number of pyridine rings is 1. The van der Waals surface area contributed by atoms with Gasteiger partial charge in [0.15, 0.2) is 11.5 Å². The maximum atomic E-state index is 11.8.